The second-order valence-corrected chi connectivity index (χ2v) is 4.76. The van der Waals surface area contributed by atoms with Gasteiger partial charge in [0.05, 0.1) is 6.61 Å². The van der Waals surface area contributed by atoms with E-state index in [0.29, 0.717) is 12.2 Å². The van der Waals surface area contributed by atoms with Gasteiger partial charge in [-0.1, -0.05) is 39.7 Å². The molecule has 0 aliphatic heterocycles. The molecule has 0 fully saturated rings. The number of unbranched alkanes of at least 4 members (excludes halogenated alkanes) is 3. The Hall–Kier alpha value is -0.830. The van der Waals surface area contributed by atoms with Gasteiger partial charge in [0.2, 0.25) is 0 Å². The molecule has 0 aromatic rings. The maximum Gasteiger partial charge on any atom is 0.333 e. The van der Waals surface area contributed by atoms with Crippen molar-refractivity contribution in [2.24, 2.45) is 0 Å². The van der Waals surface area contributed by atoms with Crippen LogP contribution in [-0.2, 0) is 9.53 Å². The van der Waals surface area contributed by atoms with Gasteiger partial charge in [-0.25, -0.2) is 4.79 Å². The first-order chi connectivity index (χ1) is 8.61. The molecule has 0 aliphatic rings. The Morgan fingerprint density at radius 1 is 1.11 bits per heavy atom. The van der Waals surface area contributed by atoms with Crippen LogP contribution in [0.15, 0.2) is 12.2 Å². The van der Waals surface area contributed by atoms with Gasteiger partial charge in [-0.2, -0.15) is 0 Å². The SMILES string of the molecule is C=C(C)C(=O)OCCCN(CC)CCCCCC. The summed E-state index contributed by atoms with van der Waals surface area (Å²) >= 11 is 0. The first-order valence-electron chi connectivity index (χ1n) is 7.16. The highest BCUT2D eigenvalue weighted by atomic mass is 16.5. The molecule has 0 radical (unpaired) electrons. The zero-order valence-corrected chi connectivity index (χ0v) is 12.3. The monoisotopic (exact) mass is 255 g/mol. The highest BCUT2D eigenvalue weighted by Gasteiger charge is 2.04. The van der Waals surface area contributed by atoms with Gasteiger partial charge in [0, 0.05) is 12.1 Å². The van der Waals surface area contributed by atoms with Crippen LogP contribution in [0.2, 0.25) is 0 Å². The number of rotatable bonds is 11. The van der Waals surface area contributed by atoms with E-state index in [1.807, 2.05) is 0 Å². The number of hydrogen-bond donors (Lipinski definition) is 0. The Morgan fingerprint density at radius 3 is 2.33 bits per heavy atom. The number of ether oxygens (including phenoxy) is 1. The number of hydrogen-bond acceptors (Lipinski definition) is 3. The summed E-state index contributed by atoms with van der Waals surface area (Å²) in [6, 6.07) is 0. The fourth-order valence-electron chi connectivity index (χ4n) is 1.77. The lowest BCUT2D eigenvalue weighted by Gasteiger charge is -2.20. The van der Waals surface area contributed by atoms with Crippen LogP contribution in [0.1, 0.15) is 52.9 Å². The van der Waals surface area contributed by atoms with Crippen LogP contribution in [0, 0.1) is 0 Å². The zero-order chi connectivity index (χ0) is 13.8. The molecule has 0 heterocycles. The molecule has 3 heteroatoms. The van der Waals surface area contributed by atoms with Crippen LogP contribution in [-0.4, -0.2) is 37.1 Å². The molecule has 0 N–H and O–H groups in total. The van der Waals surface area contributed by atoms with Crippen molar-refractivity contribution in [3.05, 3.63) is 12.2 Å². The van der Waals surface area contributed by atoms with E-state index in [9.17, 15) is 4.79 Å². The summed E-state index contributed by atoms with van der Waals surface area (Å²) in [7, 11) is 0. The molecule has 0 amide bonds. The van der Waals surface area contributed by atoms with Crippen LogP contribution in [0.4, 0.5) is 0 Å². The van der Waals surface area contributed by atoms with E-state index in [0.717, 1.165) is 26.1 Å². The van der Waals surface area contributed by atoms with Gasteiger partial charge in [0.1, 0.15) is 0 Å². The van der Waals surface area contributed by atoms with Crippen molar-refractivity contribution < 1.29 is 9.53 Å². The summed E-state index contributed by atoms with van der Waals surface area (Å²) in [5.74, 6) is -0.277. The van der Waals surface area contributed by atoms with Gasteiger partial charge >= 0.3 is 5.97 Å². The first kappa shape index (κ1) is 17.2. The lowest BCUT2D eigenvalue weighted by molar-refractivity contribution is -0.139. The van der Waals surface area contributed by atoms with E-state index in [-0.39, 0.29) is 5.97 Å². The Bertz CT molecular complexity index is 239. The second-order valence-electron chi connectivity index (χ2n) is 4.76. The van der Waals surface area contributed by atoms with Crippen LogP contribution in [0.5, 0.6) is 0 Å². The zero-order valence-electron chi connectivity index (χ0n) is 12.3. The fraction of sp³-hybridized carbons (Fsp3) is 0.800. The summed E-state index contributed by atoms with van der Waals surface area (Å²) in [4.78, 5) is 13.6. The van der Waals surface area contributed by atoms with E-state index >= 15 is 0 Å². The van der Waals surface area contributed by atoms with Crippen molar-refractivity contribution in [1.82, 2.24) is 4.90 Å². The minimum absolute atomic E-state index is 0.277. The summed E-state index contributed by atoms with van der Waals surface area (Å²) < 4.78 is 5.08. The molecule has 0 unspecified atom stereocenters. The molecular formula is C15H29NO2. The highest BCUT2D eigenvalue weighted by Crippen LogP contribution is 2.02. The largest absolute Gasteiger partial charge is 0.462 e. The Balaban J connectivity index is 3.55. The summed E-state index contributed by atoms with van der Waals surface area (Å²) in [5.41, 5.74) is 0.474. The standard InChI is InChI=1S/C15H29NO2/c1-5-7-8-9-11-16(6-2)12-10-13-18-15(17)14(3)4/h3,5-13H2,1-2,4H3. The van der Waals surface area contributed by atoms with Gasteiger partial charge in [-0.05, 0) is 32.9 Å². The maximum absolute atomic E-state index is 11.2. The number of carbonyl (C=O) groups excluding carboxylic acids is 1. The molecule has 0 spiro atoms. The van der Waals surface area contributed by atoms with E-state index in [1.54, 1.807) is 6.92 Å². The van der Waals surface area contributed by atoms with Gasteiger partial charge in [-0.3, -0.25) is 0 Å². The molecule has 0 aromatic carbocycles. The van der Waals surface area contributed by atoms with Crippen LogP contribution < -0.4 is 0 Å². The Morgan fingerprint density at radius 2 is 1.78 bits per heavy atom. The van der Waals surface area contributed by atoms with Crippen molar-refractivity contribution in [2.75, 3.05) is 26.2 Å². The van der Waals surface area contributed by atoms with Crippen LogP contribution >= 0.6 is 0 Å². The van der Waals surface area contributed by atoms with E-state index in [2.05, 4.69) is 25.3 Å². The second kappa shape index (κ2) is 11.3. The molecule has 3 nitrogen and oxygen atoms in total. The van der Waals surface area contributed by atoms with Gasteiger partial charge < -0.3 is 9.64 Å². The summed E-state index contributed by atoms with van der Waals surface area (Å²) in [6.07, 6.45) is 6.10. The lowest BCUT2D eigenvalue weighted by atomic mass is 10.2. The summed E-state index contributed by atoms with van der Waals surface area (Å²) in [6.45, 7) is 13.4. The molecule has 0 bridgehead atoms. The van der Waals surface area contributed by atoms with Gasteiger partial charge in [0.15, 0.2) is 0 Å². The number of nitrogens with zero attached hydrogens (tertiary/aromatic N) is 1. The topological polar surface area (TPSA) is 29.5 Å². The molecule has 0 aromatic heterocycles. The van der Waals surface area contributed by atoms with Crippen molar-refractivity contribution in [3.63, 3.8) is 0 Å². The fourth-order valence-corrected chi connectivity index (χ4v) is 1.77. The normalized spacial score (nSPS) is 10.7. The molecule has 0 saturated carbocycles. The molecule has 0 saturated heterocycles. The molecule has 18 heavy (non-hydrogen) atoms. The number of carbonyl (C=O) groups is 1. The predicted molar refractivity (Wildman–Crippen MR) is 76.6 cm³/mol. The minimum atomic E-state index is -0.277. The molecule has 106 valence electrons. The minimum Gasteiger partial charge on any atom is -0.462 e. The third-order valence-corrected chi connectivity index (χ3v) is 2.98. The smallest absolute Gasteiger partial charge is 0.333 e. The average molecular weight is 255 g/mol. The van der Waals surface area contributed by atoms with E-state index < -0.39 is 0 Å². The molecule has 0 atom stereocenters. The third kappa shape index (κ3) is 9.23. The number of esters is 1. The van der Waals surface area contributed by atoms with Crippen LogP contribution in [0.3, 0.4) is 0 Å². The lowest BCUT2D eigenvalue weighted by Crippen LogP contribution is -2.26. The van der Waals surface area contributed by atoms with Crippen molar-refractivity contribution >= 4 is 5.97 Å². The van der Waals surface area contributed by atoms with E-state index in [4.69, 9.17) is 4.74 Å². The first-order valence-corrected chi connectivity index (χ1v) is 7.16. The predicted octanol–water partition coefficient (Wildman–Crippen LogP) is 3.40. The quantitative estimate of drug-likeness (QED) is 0.322. The molecule has 0 aliphatic carbocycles. The maximum atomic E-state index is 11.2. The van der Waals surface area contributed by atoms with Gasteiger partial charge in [0.25, 0.3) is 0 Å². The van der Waals surface area contributed by atoms with Crippen molar-refractivity contribution in [2.45, 2.75) is 52.9 Å². The highest BCUT2D eigenvalue weighted by molar-refractivity contribution is 5.86. The van der Waals surface area contributed by atoms with Crippen molar-refractivity contribution in [1.29, 1.82) is 0 Å². The Labute approximate surface area is 112 Å². The summed E-state index contributed by atoms with van der Waals surface area (Å²) in [5, 5.41) is 0. The van der Waals surface area contributed by atoms with Gasteiger partial charge in [-0.15, -0.1) is 0 Å². The van der Waals surface area contributed by atoms with Crippen molar-refractivity contribution in [3.8, 4) is 0 Å². The third-order valence-electron chi connectivity index (χ3n) is 2.98. The van der Waals surface area contributed by atoms with Crippen LogP contribution in [0.25, 0.3) is 0 Å². The average Bonchev–Trinajstić information content (AvgIpc) is 2.36. The Kier molecular flexibility index (Phi) is 10.8. The molecule has 0 rings (SSSR count). The van der Waals surface area contributed by atoms with E-state index in [1.165, 1.54) is 25.7 Å². The molecular weight excluding hydrogens is 226 g/mol.